The maximum atomic E-state index is 4.36. The first-order valence-electron chi connectivity index (χ1n) is 5.05. The summed E-state index contributed by atoms with van der Waals surface area (Å²) in [5, 5.41) is 7.82. The number of hydrogen-bond acceptors (Lipinski definition) is 2. The van der Waals surface area contributed by atoms with Crippen molar-refractivity contribution in [1.82, 2.24) is 15.5 Å². The van der Waals surface area contributed by atoms with Gasteiger partial charge in [0.2, 0.25) is 0 Å². The Hall–Kier alpha value is -0.120. The van der Waals surface area contributed by atoms with E-state index in [0.29, 0.717) is 0 Å². The summed E-state index contributed by atoms with van der Waals surface area (Å²) in [4.78, 5) is 2.60. The van der Waals surface area contributed by atoms with Crippen molar-refractivity contribution < 1.29 is 0 Å². The third-order valence-electron chi connectivity index (χ3n) is 2.88. The zero-order valence-electron chi connectivity index (χ0n) is 7.63. The first-order valence-corrected chi connectivity index (χ1v) is 5.05. The van der Waals surface area contributed by atoms with E-state index in [0.717, 1.165) is 19.1 Å². The Balaban J connectivity index is 1.80. The zero-order chi connectivity index (χ0) is 8.23. The average molecular weight is 168 g/mol. The molecule has 1 radical (unpaired) electrons. The molecule has 69 valence electrons. The van der Waals surface area contributed by atoms with E-state index in [2.05, 4.69) is 15.5 Å². The van der Waals surface area contributed by atoms with Gasteiger partial charge >= 0.3 is 0 Å². The standard InChI is InChI=1S/C9H18N3/c1-2-9(8-11-3-1)12-6-4-10-5-7-12/h9,11H,1-8H2. The second kappa shape index (κ2) is 4.21. The predicted octanol–water partition coefficient (Wildman–Crippen LogP) is -0.342. The number of nitrogens with one attached hydrogen (secondary N) is 1. The molecule has 12 heavy (non-hydrogen) atoms. The lowest BCUT2D eigenvalue weighted by molar-refractivity contribution is 0.146. The van der Waals surface area contributed by atoms with Gasteiger partial charge in [0.05, 0.1) is 0 Å². The molecule has 0 aromatic rings. The molecule has 0 saturated carbocycles. The van der Waals surface area contributed by atoms with Gasteiger partial charge in [-0.1, -0.05) is 0 Å². The lowest BCUT2D eigenvalue weighted by atomic mass is 10.1. The normalized spacial score (nSPS) is 33.5. The van der Waals surface area contributed by atoms with E-state index < -0.39 is 0 Å². The Kier molecular flexibility index (Phi) is 2.98. The van der Waals surface area contributed by atoms with E-state index in [1.54, 1.807) is 0 Å². The van der Waals surface area contributed by atoms with Crippen LogP contribution in [-0.4, -0.2) is 50.2 Å². The van der Waals surface area contributed by atoms with Crippen LogP contribution in [0.5, 0.6) is 0 Å². The molecule has 0 bridgehead atoms. The summed E-state index contributed by atoms with van der Waals surface area (Å²) in [7, 11) is 0. The van der Waals surface area contributed by atoms with Gasteiger partial charge in [-0.15, -0.1) is 0 Å². The summed E-state index contributed by atoms with van der Waals surface area (Å²) in [6.07, 6.45) is 2.73. The predicted molar refractivity (Wildman–Crippen MR) is 49.3 cm³/mol. The zero-order valence-corrected chi connectivity index (χ0v) is 7.63. The molecule has 2 rings (SSSR count). The SMILES string of the molecule is C1CNCC(N2CC[N]CC2)C1. The molecule has 0 aliphatic carbocycles. The third kappa shape index (κ3) is 1.97. The Labute approximate surface area is 74.5 Å². The molecule has 1 N–H and O–H groups in total. The summed E-state index contributed by atoms with van der Waals surface area (Å²) in [5.74, 6) is 0. The largest absolute Gasteiger partial charge is 0.315 e. The van der Waals surface area contributed by atoms with Crippen LogP contribution < -0.4 is 10.6 Å². The van der Waals surface area contributed by atoms with Gasteiger partial charge in [-0.2, -0.15) is 0 Å². The van der Waals surface area contributed by atoms with E-state index in [9.17, 15) is 0 Å². The van der Waals surface area contributed by atoms with Crippen LogP contribution in [0.25, 0.3) is 0 Å². The van der Waals surface area contributed by atoms with Crippen molar-refractivity contribution in [2.24, 2.45) is 0 Å². The number of rotatable bonds is 1. The fourth-order valence-electron chi connectivity index (χ4n) is 2.13. The Morgan fingerprint density at radius 3 is 2.75 bits per heavy atom. The van der Waals surface area contributed by atoms with Crippen LogP contribution in [0.1, 0.15) is 12.8 Å². The first-order chi connectivity index (χ1) is 5.97. The van der Waals surface area contributed by atoms with E-state index in [4.69, 9.17) is 0 Å². The van der Waals surface area contributed by atoms with Gasteiger partial charge in [-0.25, -0.2) is 5.32 Å². The summed E-state index contributed by atoms with van der Waals surface area (Å²) in [6.45, 7) is 6.89. The molecule has 0 spiro atoms. The van der Waals surface area contributed by atoms with Crippen LogP contribution in [0.4, 0.5) is 0 Å². The van der Waals surface area contributed by atoms with Crippen LogP contribution in [0.3, 0.4) is 0 Å². The molecule has 0 aromatic heterocycles. The summed E-state index contributed by atoms with van der Waals surface area (Å²) in [5.41, 5.74) is 0. The highest BCUT2D eigenvalue weighted by Crippen LogP contribution is 2.10. The monoisotopic (exact) mass is 168 g/mol. The molecule has 3 heteroatoms. The Morgan fingerprint density at radius 1 is 1.25 bits per heavy atom. The molecule has 1 atom stereocenters. The minimum absolute atomic E-state index is 0.800. The molecule has 0 amide bonds. The topological polar surface area (TPSA) is 29.4 Å². The number of nitrogens with zero attached hydrogens (tertiary/aromatic N) is 2. The fraction of sp³-hybridized carbons (Fsp3) is 1.00. The van der Waals surface area contributed by atoms with E-state index >= 15 is 0 Å². The van der Waals surface area contributed by atoms with Crippen molar-refractivity contribution in [2.45, 2.75) is 18.9 Å². The van der Waals surface area contributed by atoms with E-state index in [1.165, 1.54) is 39.0 Å². The molecular formula is C9H18N3. The summed E-state index contributed by atoms with van der Waals surface area (Å²) in [6, 6.07) is 0.800. The second-order valence-electron chi connectivity index (χ2n) is 3.71. The molecule has 2 aliphatic heterocycles. The van der Waals surface area contributed by atoms with Gasteiger partial charge in [0.25, 0.3) is 0 Å². The maximum Gasteiger partial charge on any atom is 0.0261 e. The Morgan fingerprint density at radius 2 is 2.08 bits per heavy atom. The van der Waals surface area contributed by atoms with Gasteiger partial charge < -0.3 is 5.32 Å². The molecule has 1 unspecified atom stereocenters. The molecule has 3 nitrogen and oxygen atoms in total. The minimum Gasteiger partial charge on any atom is -0.315 e. The quantitative estimate of drug-likeness (QED) is 0.580. The van der Waals surface area contributed by atoms with Gasteiger partial charge in [0, 0.05) is 38.8 Å². The van der Waals surface area contributed by atoms with Crippen molar-refractivity contribution in [3.05, 3.63) is 0 Å². The number of piperazine rings is 1. The first kappa shape index (κ1) is 8.48. The van der Waals surface area contributed by atoms with Gasteiger partial charge in [-0.3, -0.25) is 4.90 Å². The van der Waals surface area contributed by atoms with Crippen molar-refractivity contribution in [2.75, 3.05) is 39.3 Å². The smallest absolute Gasteiger partial charge is 0.0261 e. The fourth-order valence-corrected chi connectivity index (χ4v) is 2.13. The Bertz CT molecular complexity index is 110. The third-order valence-corrected chi connectivity index (χ3v) is 2.88. The second-order valence-corrected chi connectivity index (χ2v) is 3.71. The summed E-state index contributed by atoms with van der Waals surface area (Å²) < 4.78 is 0. The molecular weight excluding hydrogens is 150 g/mol. The van der Waals surface area contributed by atoms with Gasteiger partial charge in [0.1, 0.15) is 0 Å². The summed E-state index contributed by atoms with van der Waals surface area (Å²) >= 11 is 0. The number of hydrogen-bond donors (Lipinski definition) is 1. The van der Waals surface area contributed by atoms with Crippen LogP contribution in [-0.2, 0) is 0 Å². The van der Waals surface area contributed by atoms with Crippen LogP contribution >= 0.6 is 0 Å². The maximum absolute atomic E-state index is 4.36. The lowest BCUT2D eigenvalue weighted by Crippen LogP contribution is -2.51. The van der Waals surface area contributed by atoms with Crippen molar-refractivity contribution >= 4 is 0 Å². The van der Waals surface area contributed by atoms with Gasteiger partial charge in [0.15, 0.2) is 0 Å². The van der Waals surface area contributed by atoms with Gasteiger partial charge in [-0.05, 0) is 19.4 Å². The lowest BCUT2D eigenvalue weighted by Gasteiger charge is -2.36. The highest BCUT2D eigenvalue weighted by Gasteiger charge is 2.21. The van der Waals surface area contributed by atoms with Crippen LogP contribution in [0.2, 0.25) is 0 Å². The van der Waals surface area contributed by atoms with Crippen LogP contribution in [0.15, 0.2) is 0 Å². The van der Waals surface area contributed by atoms with E-state index in [-0.39, 0.29) is 0 Å². The average Bonchev–Trinajstić information content (AvgIpc) is 2.21. The highest BCUT2D eigenvalue weighted by molar-refractivity contribution is 4.81. The molecule has 2 saturated heterocycles. The molecule has 2 aliphatic rings. The molecule has 2 heterocycles. The molecule has 2 fully saturated rings. The van der Waals surface area contributed by atoms with Crippen molar-refractivity contribution in [1.29, 1.82) is 0 Å². The molecule has 0 aromatic carbocycles. The van der Waals surface area contributed by atoms with Crippen molar-refractivity contribution in [3.63, 3.8) is 0 Å². The minimum atomic E-state index is 0.800. The van der Waals surface area contributed by atoms with Crippen molar-refractivity contribution in [3.8, 4) is 0 Å². The van der Waals surface area contributed by atoms with Crippen LogP contribution in [0, 0.1) is 0 Å². The van der Waals surface area contributed by atoms with E-state index in [1.807, 2.05) is 0 Å². The highest BCUT2D eigenvalue weighted by atomic mass is 15.2. The number of piperidine rings is 1.